The summed E-state index contributed by atoms with van der Waals surface area (Å²) < 4.78 is 0. The highest BCUT2D eigenvalue weighted by molar-refractivity contribution is 6.38. The van der Waals surface area contributed by atoms with Gasteiger partial charge in [-0.2, -0.15) is 5.26 Å². The molecule has 0 aliphatic carbocycles. The lowest BCUT2D eigenvalue weighted by Crippen LogP contribution is -2.22. The maximum absolute atomic E-state index is 11.0. The van der Waals surface area contributed by atoms with Gasteiger partial charge in [-0.1, -0.05) is 6.92 Å². The number of carbonyl (C=O) groups excluding carboxylic acids is 2. The SMILES string of the molecule is CC/C(C#N)=C1/NC(=O)C(=O)N1C. The second-order valence-electron chi connectivity index (χ2n) is 2.61. The molecular formula is C8H9N3O2. The molecule has 1 N–H and O–H groups in total. The van der Waals surface area contributed by atoms with Crippen molar-refractivity contribution in [2.75, 3.05) is 7.05 Å². The van der Waals surface area contributed by atoms with Crippen LogP contribution in [0, 0.1) is 11.3 Å². The second kappa shape index (κ2) is 3.27. The summed E-state index contributed by atoms with van der Waals surface area (Å²) in [7, 11) is 1.46. The summed E-state index contributed by atoms with van der Waals surface area (Å²) in [5.74, 6) is -1.00. The minimum Gasteiger partial charge on any atom is -0.303 e. The van der Waals surface area contributed by atoms with Crippen LogP contribution in [0.25, 0.3) is 0 Å². The van der Waals surface area contributed by atoms with E-state index in [1.54, 1.807) is 6.92 Å². The summed E-state index contributed by atoms with van der Waals surface area (Å²) in [6, 6.07) is 1.94. The van der Waals surface area contributed by atoms with Crippen LogP contribution in [-0.2, 0) is 9.59 Å². The number of nitrogens with one attached hydrogen (secondary N) is 1. The molecule has 0 spiro atoms. The molecule has 1 saturated heterocycles. The molecule has 1 fully saturated rings. The first-order chi connectivity index (χ1) is 6.11. The van der Waals surface area contributed by atoms with Crippen LogP contribution in [-0.4, -0.2) is 23.8 Å². The summed E-state index contributed by atoms with van der Waals surface area (Å²) in [6.07, 6.45) is 0.490. The van der Waals surface area contributed by atoms with Gasteiger partial charge in [0.25, 0.3) is 0 Å². The van der Waals surface area contributed by atoms with E-state index in [2.05, 4.69) is 5.32 Å². The second-order valence-corrected chi connectivity index (χ2v) is 2.61. The lowest BCUT2D eigenvalue weighted by Gasteiger charge is -2.09. The number of carbonyl (C=O) groups is 2. The normalized spacial score (nSPS) is 19.9. The Hall–Kier alpha value is -1.83. The van der Waals surface area contributed by atoms with Gasteiger partial charge in [-0.3, -0.25) is 14.5 Å². The topological polar surface area (TPSA) is 73.2 Å². The first-order valence-electron chi connectivity index (χ1n) is 3.84. The van der Waals surface area contributed by atoms with E-state index in [4.69, 9.17) is 5.26 Å². The van der Waals surface area contributed by atoms with Gasteiger partial charge in [-0.25, -0.2) is 0 Å². The molecule has 1 aliphatic rings. The molecule has 0 unspecified atom stereocenters. The van der Waals surface area contributed by atoms with Gasteiger partial charge in [0.15, 0.2) is 0 Å². The summed E-state index contributed by atoms with van der Waals surface area (Å²) in [5.41, 5.74) is 0.404. The van der Waals surface area contributed by atoms with E-state index >= 15 is 0 Å². The van der Waals surface area contributed by atoms with Gasteiger partial charge in [0.1, 0.15) is 5.82 Å². The number of rotatable bonds is 1. The number of hydrogen-bond donors (Lipinski definition) is 1. The lowest BCUT2D eigenvalue weighted by molar-refractivity contribution is -0.139. The van der Waals surface area contributed by atoms with Gasteiger partial charge < -0.3 is 5.32 Å². The van der Waals surface area contributed by atoms with Crippen LogP contribution < -0.4 is 5.32 Å². The third-order valence-corrected chi connectivity index (χ3v) is 1.84. The fraction of sp³-hybridized carbons (Fsp3) is 0.375. The van der Waals surface area contributed by atoms with Gasteiger partial charge in [-0.05, 0) is 6.42 Å². The maximum atomic E-state index is 11.0. The Morgan fingerprint density at radius 2 is 2.23 bits per heavy atom. The third kappa shape index (κ3) is 1.38. The number of nitriles is 1. The van der Waals surface area contributed by atoms with Crippen molar-refractivity contribution in [1.82, 2.24) is 10.2 Å². The van der Waals surface area contributed by atoms with Crippen molar-refractivity contribution in [3.05, 3.63) is 11.4 Å². The van der Waals surface area contributed by atoms with Crippen molar-refractivity contribution in [1.29, 1.82) is 5.26 Å². The quantitative estimate of drug-likeness (QED) is 0.444. The minimum absolute atomic E-state index is 0.306. The summed E-state index contributed by atoms with van der Waals surface area (Å²) in [6.45, 7) is 1.79. The molecule has 0 saturated carbocycles. The van der Waals surface area contributed by atoms with Crippen LogP contribution in [0.15, 0.2) is 11.4 Å². The van der Waals surface area contributed by atoms with Crippen LogP contribution in [0.5, 0.6) is 0 Å². The Morgan fingerprint density at radius 3 is 2.54 bits per heavy atom. The van der Waals surface area contributed by atoms with Gasteiger partial charge in [-0.15, -0.1) is 0 Å². The largest absolute Gasteiger partial charge is 0.317 e. The van der Waals surface area contributed by atoms with Gasteiger partial charge in [0.2, 0.25) is 0 Å². The molecule has 1 aliphatic heterocycles. The Balaban J connectivity index is 3.10. The van der Waals surface area contributed by atoms with Crippen LogP contribution >= 0.6 is 0 Å². The average molecular weight is 179 g/mol. The number of amides is 2. The fourth-order valence-electron chi connectivity index (χ4n) is 1.08. The van der Waals surface area contributed by atoms with Gasteiger partial charge in [0.05, 0.1) is 11.6 Å². The zero-order valence-electron chi connectivity index (χ0n) is 7.42. The highest BCUT2D eigenvalue weighted by Gasteiger charge is 2.32. The molecule has 5 heteroatoms. The Labute approximate surface area is 75.6 Å². The van der Waals surface area contributed by atoms with Gasteiger partial charge in [0, 0.05) is 7.05 Å². The molecule has 0 atom stereocenters. The van der Waals surface area contributed by atoms with Crippen molar-refractivity contribution < 1.29 is 9.59 Å². The van der Waals surface area contributed by atoms with E-state index in [1.165, 1.54) is 7.05 Å². The number of hydrogen-bond acceptors (Lipinski definition) is 3. The van der Waals surface area contributed by atoms with Crippen molar-refractivity contribution in [3.8, 4) is 6.07 Å². The average Bonchev–Trinajstić information content (AvgIpc) is 2.36. The van der Waals surface area contributed by atoms with Crippen LogP contribution in [0.3, 0.4) is 0 Å². The number of likely N-dealkylation sites (N-methyl/N-ethyl adjacent to an activating group) is 1. The molecule has 1 rings (SSSR count). The van der Waals surface area contributed by atoms with Crippen LogP contribution in [0.4, 0.5) is 0 Å². The zero-order valence-corrected chi connectivity index (χ0v) is 7.42. The van der Waals surface area contributed by atoms with Gasteiger partial charge >= 0.3 is 11.8 Å². The first-order valence-corrected chi connectivity index (χ1v) is 3.84. The van der Waals surface area contributed by atoms with Crippen molar-refractivity contribution in [2.24, 2.45) is 0 Å². The fourth-order valence-corrected chi connectivity index (χ4v) is 1.08. The van der Waals surface area contributed by atoms with E-state index in [1.807, 2.05) is 6.07 Å². The van der Waals surface area contributed by atoms with E-state index < -0.39 is 11.8 Å². The first kappa shape index (κ1) is 9.26. The summed E-state index contributed by atoms with van der Waals surface area (Å²) in [4.78, 5) is 23.1. The molecule has 0 aromatic carbocycles. The third-order valence-electron chi connectivity index (χ3n) is 1.84. The molecule has 13 heavy (non-hydrogen) atoms. The Bertz CT molecular complexity index is 338. The van der Waals surface area contributed by atoms with E-state index in [0.29, 0.717) is 17.8 Å². The minimum atomic E-state index is -0.682. The monoisotopic (exact) mass is 179 g/mol. The Morgan fingerprint density at radius 1 is 1.62 bits per heavy atom. The van der Waals surface area contributed by atoms with Crippen molar-refractivity contribution in [2.45, 2.75) is 13.3 Å². The van der Waals surface area contributed by atoms with Crippen molar-refractivity contribution in [3.63, 3.8) is 0 Å². The molecular weight excluding hydrogens is 170 g/mol. The molecule has 1 heterocycles. The van der Waals surface area contributed by atoms with E-state index in [0.717, 1.165) is 4.90 Å². The van der Waals surface area contributed by atoms with E-state index in [9.17, 15) is 9.59 Å². The number of allylic oxidation sites excluding steroid dienone is 1. The summed E-state index contributed by atoms with van der Waals surface area (Å²) >= 11 is 0. The Kier molecular flexibility index (Phi) is 2.33. The molecule has 0 bridgehead atoms. The highest BCUT2D eigenvalue weighted by Crippen LogP contribution is 2.13. The van der Waals surface area contributed by atoms with Crippen LogP contribution in [0.1, 0.15) is 13.3 Å². The molecule has 68 valence electrons. The molecule has 0 aromatic heterocycles. The molecule has 0 aromatic rings. The number of nitrogens with zero attached hydrogens (tertiary/aromatic N) is 2. The molecule has 0 radical (unpaired) electrons. The smallest absolute Gasteiger partial charge is 0.303 e. The molecule has 2 amide bonds. The van der Waals surface area contributed by atoms with Crippen LogP contribution in [0.2, 0.25) is 0 Å². The van der Waals surface area contributed by atoms with Crippen molar-refractivity contribution >= 4 is 11.8 Å². The predicted molar refractivity (Wildman–Crippen MR) is 43.8 cm³/mol. The zero-order chi connectivity index (χ0) is 10.0. The highest BCUT2D eigenvalue weighted by atomic mass is 16.2. The summed E-state index contributed by atoms with van der Waals surface area (Å²) in [5, 5.41) is 11.0. The lowest BCUT2D eigenvalue weighted by atomic mass is 10.2. The standard InChI is InChI=1S/C8H9N3O2/c1-3-5(4-9)6-10-7(12)8(13)11(6)2/h3H2,1-2H3,(H,10,12)/b6-5+. The van der Waals surface area contributed by atoms with E-state index in [-0.39, 0.29) is 0 Å². The molecule has 5 nitrogen and oxygen atoms in total. The predicted octanol–water partition coefficient (Wildman–Crippen LogP) is -0.280. The maximum Gasteiger partial charge on any atom is 0.317 e.